The summed E-state index contributed by atoms with van der Waals surface area (Å²) in [6.07, 6.45) is 0.679. The summed E-state index contributed by atoms with van der Waals surface area (Å²) in [5.74, 6) is 1.22. The van der Waals surface area contributed by atoms with Crippen LogP contribution < -0.4 is 5.32 Å². The molecule has 0 atom stereocenters. The first kappa shape index (κ1) is 21.9. The standard InChI is InChI=1S/C25H20ClFN6OS/c1-14-30-31-21-12-28-23(17-4-2-3-5-19(17)26)22-18-10-11-32(13-20(18)35-24(22)33(14)21)25(34)29-16-8-6-15(27)7-9-16/h2-9H,10-13H2,1H3,(H,29,34). The maximum absolute atomic E-state index is 13.2. The van der Waals surface area contributed by atoms with Crippen molar-refractivity contribution in [2.45, 2.75) is 26.4 Å². The van der Waals surface area contributed by atoms with Crippen LogP contribution in [0.15, 0.2) is 53.5 Å². The fourth-order valence-corrected chi connectivity index (χ4v) is 6.23. The highest BCUT2D eigenvalue weighted by Crippen LogP contribution is 2.40. The predicted octanol–water partition coefficient (Wildman–Crippen LogP) is 5.37. The molecule has 0 radical (unpaired) electrons. The number of amides is 2. The smallest absolute Gasteiger partial charge is 0.319 e. The molecule has 0 saturated carbocycles. The largest absolute Gasteiger partial charge is 0.322 e. The first-order chi connectivity index (χ1) is 17.0. The Morgan fingerprint density at radius 1 is 1.14 bits per heavy atom. The molecule has 176 valence electrons. The van der Waals surface area contributed by atoms with Gasteiger partial charge in [-0.15, -0.1) is 21.5 Å². The lowest BCUT2D eigenvalue weighted by Gasteiger charge is -2.27. The van der Waals surface area contributed by atoms with Crippen LogP contribution >= 0.6 is 22.9 Å². The zero-order valence-electron chi connectivity index (χ0n) is 18.8. The lowest BCUT2D eigenvalue weighted by atomic mass is 9.95. The van der Waals surface area contributed by atoms with Crippen molar-refractivity contribution in [3.05, 3.63) is 92.6 Å². The van der Waals surface area contributed by atoms with Crippen molar-refractivity contribution in [3.63, 3.8) is 0 Å². The summed E-state index contributed by atoms with van der Waals surface area (Å²) < 4.78 is 15.3. The molecule has 2 aromatic heterocycles. The minimum atomic E-state index is -0.342. The van der Waals surface area contributed by atoms with E-state index in [-0.39, 0.29) is 11.8 Å². The van der Waals surface area contributed by atoms with Gasteiger partial charge in [-0.05, 0) is 49.2 Å². The van der Waals surface area contributed by atoms with E-state index < -0.39 is 0 Å². The van der Waals surface area contributed by atoms with Gasteiger partial charge < -0.3 is 10.2 Å². The SMILES string of the molecule is Cc1nnc2n1-c1sc3c(c1C(c1ccccc1Cl)=NC2)CCN(C(=O)Nc1ccc(F)cc1)C3. The van der Waals surface area contributed by atoms with Crippen LogP contribution in [0.2, 0.25) is 5.02 Å². The number of nitrogens with zero attached hydrogens (tertiary/aromatic N) is 5. The highest BCUT2D eigenvalue weighted by atomic mass is 35.5. The number of nitrogens with one attached hydrogen (secondary N) is 1. The second kappa shape index (κ2) is 8.58. The average molecular weight is 507 g/mol. The minimum Gasteiger partial charge on any atom is -0.319 e. The van der Waals surface area contributed by atoms with Crippen LogP contribution in [0.1, 0.15) is 33.2 Å². The topological polar surface area (TPSA) is 75.4 Å². The summed E-state index contributed by atoms with van der Waals surface area (Å²) in [6.45, 7) is 3.35. The molecule has 6 rings (SSSR count). The molecule has 0 unspecified atom stereocenters. The van der Waals surface area contributed by atoms with E-state index in [1.54, 1.807) is 28.4 Å². The quantitative estimate of drug-likeness (QED) is 0.397. The number of fused-ring (bicyclic) bond motifs is 5. The Morgan fingerprint density at radius 2 is 1.94 bits per heavy atom. The van der Waals surface area contributed by atoms with E-state index in [1.807, 2.05) is 31.2 Å². The van der Waals surface area contributed by atoms with Crippen LogP contribution in [0, 0.1) is 12.7 Å². The van der Waals surface area contributed by atoms with E-state index in [0.717, 1.165) is 38.4 Å². The summed E-state index contributed by atoms with van der Waals surface area (Å²) in [5.41, 5.74) is 4.50. The Kier molecular flexibility index (Phi) is 5.38. The van der Waals surface area contributed by atoms with Crippen molar-refractivity contribution < 1.29 is 9.18 Å². The lowest BCUT2D eigenvalue weighted by molar-refractivity contribution is 0.207. The number of anilines is 1. The van der Waals surface area contributed by atoms with E-state index >= 15 is 0 Å². The normalized spacial score (nSPS) is 14.5. The lowest BCUT2D eigenvalue weighted by Crippen LogP contribution is -2.38. The summed E-state index contributed by atoms with van der Waals surface area (Å²) in [7, 11) is 0. The number of benzene rings is 2. The number of aromatic nitrogens is 3. The third kappa shape index (κ3) is 3.81. The van der Waals surface area contributed by atoms with Crippen molar-refractivity contribution in [1.82, 2.24) is 19.7 Å². The number of aliphatic imine (C=N–C) groups is 1. The highest BCUT2D eigenvalue weighted by molar-refractivity contribution is 7.15. The molecule has 2 aliphatic rings. The summed E-state index contributed by atoms with van der Waals surface area (Å²) >= 11 is 8.23. The molecule has 2 amide bonds. The number of rotatable bonds is 2. The second-order valence-corrected chi connectivity index (χ2v) is 9.93. The zero-order chi connectivity index (χ0) is 24.1. The van der Waals surface area contributed by atoms with Gasteiger partial charge in [0.2, 0.25) is 0 Å². The molecule has 4 heterocycles. The second-order valence-electron chi connectivity index (χ2n) is 8.44. The molecule has 2 aromatic carbocycles. The molecular formula is C25H20ClFN6OS. The molecule has 2 aliphatic heterocycles. The highest BCUT2D eigenvalue weighted by Gasteiger charge is 2.33. The first-order valence-electron chi connectivity index (χ1n) is 11.2. The molecule has 0 spiro atoms. The fourth-order valence-electron chi connectivity index (χ4n) is 4.57. The van der Waals surface area contributed by atoms with Gasteiger partial charge in [-0.25, -0.2) is 9.18 Å². The van der Waals surface area contributed by atoms with Gasteiger partial charge in [0.05, 0.1) is 12.3 Å². The molecule has 4 aromatic rings. The molecule has 0 fully saturated rings. The van der Waals surface area contributed by atoms with Crippen molar-refractivity contribution in [3.8, 4) is 5.00 Å². The minimum absolute atomic E-state index is 0.216. The van der Waals surface area contributed by atoms with Crippen LogP contribution in [-0.4, -0.2) is 38.0 Å². The van der Waals surface area contributed by atoms with Crippen LogP contribution in [0.4, 0.5) is 14.9 Å². The molecular weight excluding hydrogens is 487 g/mol. The summed E-state index contributed by atoms with van der Waals surface area (Å²) in [5, 5.41) is 13.1. The van der Waals surface area contributed by atoms with Crippen molar-refractivity contribution in [1.29, 1.82) is 0 Å². The maximum atomic E-state index is 13.2. The number of hydrogen-bond donors (Lipinski definition) is 1. The van der Waals surface area contributed by atoms with E-state index in [0.29, 0.717) is 36.8 Å². The molecule has 0 bridgehead atoms. The number of halogens is 2. The summed E-state index contributed by atoms with van der Waals surface area (Å²) in [4.78, 5) is 20.8. The first-order valence-corrected chi connectivity index (χ1v) is 12.4. The van der Waals surface area contributed by atoms with E-state index in [4.69, 9.17) is 16.6 Å². The monoisotopic (exact) mass is 506 g/mol. The van der Waals surface area contributed by atoms with Crippen LogP contribution in [-0.2, 0) is 19.5 Å². The maximum Gasteiger partial charge on any atom is 0.322 e. The van der Waals surface area contributed by atoms with Gasteiger partial charge in [0, 0.05) is 33.3 Å². The Balaban J connectivity index is 1.40. The Labute approximate surface area is 209 Å². The van der Waals surface area contributed by atoms with Gasteiger partial charge in [-0.3, -0.25) is 9.56 Å². The third-order valence-corrected chi connectivity index (χ3v) is 7.79. The van der Waals surface area contributed by atoms with Crippen molar-refractivity contribution >= 4 is 40.4 Å². The Morgan fingerprint density at radius 3 is 2.74 bits per heavy atom. The van der Waals surface area contributed by atoms with Crippen molar-refractivity contribution in [2.75, 3.05) is 11.9 Å². The molecule has 1 N–H and O–H groups in total. The molecule has 0 saturated heterocycles. The number of hydrogen-bond acceptors (Lipinski definition) is 5. The summed E-state index contributed by atoms with van der Waals surface area (Å²) in [6, 6.07) is 13.3. The van der Waals surface area contributed by atoms with Gasteiger partial charge in [0.25, 0.3) is 0 Å². The van der Waals surface area contributed by atoms with Gasteiger partial charge in [-0.1, -0.05) is 29.8 Å². The van der Waals surface area contributed by atoms with Crippen LogP contribution in [0.25, 0.3) is 5.00 Å². The van der Waals surface area contributed by atoms with E-state index in [9.17, 15) is 9.18 Å². The number of thiophene rings is 1. The van der Waals surface area contributed by atoms with Gasteiger partial charge in [0.15, 0.2) is 5.82 Å². The molecule has 7 nitrogen and oxygen atoms in total. The van der Waals surface area contributed by atoms with E-state index in [1.165, 1.54) is 17.7 Å². The average Bonchev–Trinajstić information content (AvgIpc) is 3.36. The number of carbonyl (C=O) groups is 1. The number of aryl methyl sites for hydroxylation is 1. The van der Waals surface area contributed by atoms with Gasteiger partial charge in [-0.2, -0.15) is 0 Å². The number of urea groups is 1. The van der Waals surface area contributed by atoms with E-state index in [2.05, 4.69) is 20.1 Å². The van der Waals surface area contributed by atoms with Gasteiger partial charge >= 0.3 is 6.03 Å². The third-order valence-electron chi connectivity index (χ3n) is 6.26. The van der Waals surface area contributed by atoms with Crippen LogP contribution in [0.5, 0.6) is 0 Å². The predicted molar refractivity (Wildman–Crippen MR) is 134 cm³/mol. The number of carbonyl (C=O) groups excluding carboxylic acids is 1. The fraction of sp³-hybridized carbons (Fsp3) is 0.200. The van der Waals surface area contributed by atoms with Crippen molar-refractivity contribution in [2.24, 2.45) is 4.99 Å². The Bertz CT molecular complexity index is 1490. The molecule has 10 heteroatoms. The Hall–Kier alpha value is -3.56. The van der Waals surface area contributed by atoms with Gasteiger partial charge in [0.1, 0.15) is 23.2 Å². The van der Waals surface area contributed by atoms with Crippen LogP contribution in [0.3, 0.4) is 0 Å². The molecule has 35 heavy (non-hydrogen) atoms. The molecule has 0 aliphatic carbocycles. The zero-order valence-corrected chi connectivity index (χ0v) is 20.3.